The molecule has 2 aromatic carbocycles. The Balaban J connectivity index is 0.00000264. The summed E-state index contributed by atoms with van der Waals surface area (Å²) < 4.78 is 0. The lowest BCUT2D eigenvalue weighted by Crippen LogP contribution is -2.19. The summed E-state index contributed by atoms with van der Waals surface area (Å²) in [4.78, 5) is 12.2. The molecule has 0 aliphatic heterocycles. The lowest BCUT2D eigenvalue weighted by molar-refractivity contribution is -0.116. The normalized spacial score (nSPS) is 10.7. The summed E-state index contributed by atoms with van der Waals surface area (Å²) in [5.41, 5.74) is 9.69. The lowest BCUT2D eigenvalue weighted by Gasteiger charge is -2.23. The largest absolute Gasteiger partial charge is 0.399 e. The van der Waals surface area contributed by atoms with Gasteiger partial charge in [-0.2, -0.15) is 0 Å². The maximum Gasteiger partial charge on any atom is 0.224 e. The molecule has 0 spiro atoms. The minimum atomic E-state index is -0.00622. The van der Waals surface area contributed by atoms with Crippen LogP contribution in [0.5, 0.6) is 0 Å². The van der Waals surface area contributed by atoms with E-state index in [1.165, 1.54) is 0 Å². The molecule has 2 aromatic rings. The molecule has 23 heavy (non-hydrogen) atoms. The van der Waals surface area contributed by atoms with Gasteiger partial charge in [-0.3, -0.25) is 4.79 Å². The Morgan fingerprint density at radius 1 is 1.04 bits per heavy atom. The molecular formula is C19H25ClN2O. The van der Waals surface area contributed by atoms with Crippen LogP contribution in [0.1, 0.15) is 38.3 Å². The Labute approximate surface area is 144 Å². The zero-order valence-corrected chi connectivity index (χ0v) is 14.7. The second-order valence-corrected chi connectivity index (χ2v) is 6.54. The second-order valence-electron chi connectivity index (χ2n) is 6.54. The van der Waals surface area contributed by atoms with E-state index in [4.69, 9.17) is 5.73 Å². The summed E-state index contributed by atoms with van der Waals surface area (Å²) >= 11 is 0. The van der Waals surface area contributed by atoms with E-state index in [1.54, 1.807) is 0 Å². The maximum absolute atomic E-state index is 12.2. The third-order valence-electron chi connectivity index (χ3n) is 3.69. The van der Waals surface area contributed by atoms with Gasteiger partial charge in [0.05, 0.1) is 0 Å². The van der Waals surface area contributed by atoms with Crippen molar-refractivity contribution < 1.29 is 4.79 Å². The van der Waals surface area contributed by atoms with Crippen molar-refractivity contribution in [1.29, 1.82) is 0 Å². The average Bonchev–Trinajstić information content (AvgIpc) is 2.46. The third-order valence-corrected chi connectivity index (χ3v) is 3.69. The van der Waals surface area contributed by atoms with Gasteiger partial charge in [0.25, 0.3) is 0 Å². The fourth-order valence-corrected chi connectivity index (χ4v) is 2.47. The molecule has 0 heterocycles. The number of rotatable bonds is 4. The van der Waals surface area contributed by atoms with Crippen LogP contribution in [0.3, 0.4) is 0 Å². The molecule has 0 aromatic heterocycles. The fourth-order valence-electron chi connectivity index (χ4n) is 2.47. The molecule has 0 aliphatic rings. The van der Waals surface area contributed by atoms with Crippen LogP contribution >= 0.6 is 12.4 Å². The zero-order valence-electron chi connectivity index (χ0n) is 13.9. The van der Waals surface area contributed by atoms with Gasteiger partial charge in [-0.25, -0.2) is 0 Å². The number of hydrogen-bond donors (Lipinski definition) is 2. The number of aryl methyl sites for hydroxylation is 1. The smallest absolute Gasteiger partial charge is 0.224 e. The predicted octanol–water partition coefficient (Wildman–Crippen LogP) is 4.56. The van der Waals surface area contributed by atoms with Crippen LogP contribution in [-0.4, -0.2) is 5.91 Å². The van der Waals surface area contributed by atoms with Gasteiger partial charge in [0.2, 0.25) is 5.91 Å². The summed E-state index contributed by atoms with van der Waals surface area (Å²) in [6.45, 7) is 6.42. The molecule has 0 unspecified atom stereocenters. The highest BCUT2D eigenvalue weighted by Crippen LogP contribution is 2.29. The van der Waals surface area contributed by atoms with Gasteiger partial charge >= 0.3 is 0 Å². The third kappa shape index (κ3) is 5.29. The van der Waals surface area contributed by atoms with E-state index in [0.717, 1.165) is 22.5 Å². The molecule has 3 N–H and O–H groups in total. The van der Waals surface area contributed by atoms with Crippen LogP contribution < -0.4 is 11.1 Å². The Morgan fingerprint density at radius 3 is 2.30 bits per heavy atom. The van der Waals surface area contributed by atoms with Crippen LogP contribution in [0.2, 0.25) is 0 Å². The van der Waals surface area contributed by atoms with Gasteiger partial charge in [0, 0.05) is 17.8 Å². The van der Waals surface area contributed by atoms with Crippen molar-refractivity contribution in [1.82, 2.24) is 0 Å². The first-order chi connectivity index (χ1) is 10.4. The number of nitrogen functional groups attached to an aromatic ring is 1. The summed E-state index contributed by atoms with van der Waals surface area (Å²) in [5, 5.41) is 3.03. The molecule has 0 radical (unpaired) electrons. The van der Waals surface area contributed by atoms with Crippen LogP contribution in [0.4, 0.5) is 11.4 Å². The minimum Gasteiger partial charge on any atom is -0.399 e. The molecule has 0 atom stereocenters. The summed E-state index contributed by atoms with van der Waals surface area (Å²) in [6, 6.07) is 15.6. The summed E-state index contributed by atoms with van der Waals surface area (Å²) in [7, 11) is 0. The predicted molar refractivity (Wildman–Crippen MR) is 100 cm³/mol. The summed E-state index contributed by atoms with van der Waals surface area (Å²) in [5.74, 6) is 0.0138. The Kier molecular flexibility index (Phi) is 6.64. The fraction of sp³-hybridized carbons (Fsp3) is 0.316. The van der Waals surface area contributed by atoms with Crippen LogP contribution in [0, 0.1) is 0 Å². The van der Waals surface area contributed by atoms with Crippen molar-refractivity contribution in [2.24, 2.45) is 0 Å². The first-order valence-electron chi connectivity index (χ1n) is 7.60. The average molecular weight is 333 g/mol. The highest BCUT2D eigenvalue weighted by molar-refractivity contribution is 5.92. The number of hydrogen-bond acceptors (Lipinski definition) is 2. The van der Waals surface area contributed by atoms with Gasteiger partial charge in [-0.15, -0.1) is 12.4 Å². The molecule has 124 valence electrons. The minimum absolute atomic E-state index is 0. The second kappa shape index (κ2) is 8.02. The van der Waals surface area contributed by atoms with Crippen molar-refractivity contribution in [3.8, 4) is 0 Å². The van der Waals surface area contributed by atoms with Crippen LogP contribution in [-0.2, 0) is 16.6 Å². The molecule has 0 aliphatic carbocycles. The number of anilines is 2. The van der Waals surface area contributed by atoms with Gasteiger partial charge in [0.15, 0.2) is 0 Å². The first-order valence-corrected chi connectivity index (χ1v) is 7.60. The van der Waals surface area contributed by atoms with Crippen LogP contribution in [0.15, 0.2) is 48.5 Å². The number of amides is 1. The van der Waals surface area contributed by atoms with Crippen molar-refractivity contribution in [2.75, 3.05) is 11.1 Å². The van der Waals surface area contributed by atoms with Gasteiger partial charge < -0.3 is 11.1 Å². The van der Waals surface area contributed by atoms with Crippen molar-refractivity contribution in [2.45, 2.75) is 39.0 Å². The topological polar surface area (TPSA) is 55.1 Å². The number of para-hydroxylation sites is 2. The molecule has 0 bridgehead atoms. The highest BCUT2D eigenvalue weighted by atomic mass is 35.5. The SMILES string of the molecule is CC(C)(C)c1ccccc1NC(=O)CCc1ccccc1N.Cl. The quantitative estimate of drug-likeness (QED) is 0.806. The van der Waals surface area contributed by atoms with Gasteiger partial charge in [-0.05, 0) is 35.1 Å². The molecular weight excluding hydrogens is 308 g/mol. The number of benzene rings is 2. The van der Waals surface area contributed by atoms with E-state index < -0.39 is 0 Å². The summed E-state index contributed by atoms with van der Waals surface area (Å²) in [6.07, 6.45) is 1.07. The lowest BCUT2D eigenvalue weighted by atomic mass is 9.86. The number of nitrogens with two attached hydrogens (primary N) is 1. The molecule has 4 heteroatoms. The number of nitrogens with one attached hydrogen (secondary N) is 1. The van der Waals surface area contributed by atoms with E-state index >= 15 is 0 Å². The molecule has 0 saturated carbocycles. The Hall–Kier alpha value is -2.00. The maximum atomic E-state index is 12.2. The molecule has 0 saturated heterocycles. The van der Waals surface area contributed by atoms with E-state index in [0.29, 0.717) is 12.8 Å². The van der Waals surface area contributed by atoms with Crippen molar-refractivity contribution in [3.05, 3.63) is 59.7 Å². The molecule has 1 amide bonds. The highest BCUT2D eigenvalue weighted by Gasteiger charge is 2.18. The zero-order chi connectivity index (χ0) is 16.2. The van der Waals surface area contributed by atoms with Crippen molar-refractivity contribution in [3.63, 3.8) is 0 Å². The number of carbonyl (C=O) groups excluding carboxylic acids is 1. The Bertz CT molecular complexity index is 662. The van der Waals surface area contributed by atoms with E-state index in [-0.39, 0.29) is 23.7 Å². The van der Waals surface area contributed by atoms with E-state index in [1.807, 2.05) is 42.5 Å². The Morgan fingerprint density at radius 2 is 1.65 bits per heavy atom. The van der Waals surface area contributed by atoms with Gasteiger partial charge in [-0.1, -0.05) is 57.2 Å². The van der Waals surface area contributed by atoms with Gasteiger partial charge in [0.1, 0.15) is 0 Å². The molecule has 2 rings (SSSR count). The molecule has 0 fully saturated rings. The van der Waals surface area contributed by atoms with E-state index in [9.17, 15) is 4.79 Å². The van der Waals surface area contributed by atoms with Crippen molar-refractivity contribution >= 4 is 29.7 Å². The standard InChI is InChI=1S/C19H24N2O.ClH/c1-19(2,3)15-9-5-7-11-17(15)21-18(22)13-12-14-8-4-6-10-16(14)20;/h4-11H,12-13,20H2,1-3H3,(H,21,22);1H. The number of carbonyl (C=O) groups is 1. The van der Waals surface area contributed by atoms with Crippen LogP contribution in [0.25, 0.3) is 0 Å². The number of halogens is 1. The monoisotopic (exact) mass is 332 g/mol. The van der Waals surface area contributed by atoms with E-state index in [2.05, 4.69) is 32.2 Å². The molecule has 3 nitrogen and oxygen atoms in total. The first kappa shape index (κ1) is 19.0.